The second-order valence-corrected chi connectivity index (χ2v) is 8.30. The maximum Gasteiger partial charge on any atom is 0.165 e. The van der Waals surface area contributed by atoms with E-state index in [9.17, 15) is 5.26 Å². The summed E-state index contributed by atoms with van der Waals surface area (Å²) in [6.45, 7) is 2.10. The molecule has 33 heavy (non-hydrogen) atoms. The third kappa shape index (κ3) is 3.00. The van der Waals surface area contributed by atoms with Crippen LogP contribution in [-0.2, 0) is 0 Å². The van der Waals surface area contributed by atoms with Crippen molar-refractivity contribution in [3.63, 3.8) is 0 Å². The molecule has 5 heterocycles. The molecule has 1 aliphatic heterocycles. The highest BCUT2D eigenvalue weighted by Crippen LogP contribution is 2.43. The van der Waals surface area contributed by atoms with Crippen molar-refractivity contribution in [2.24, 2.45) is 0 Å². The van der Waals surface area contributed by atoms with Gasteiger partial charge in [-0.3, -0.25) is 9.67 Å². The van der Waals surface area contributed by atoms with E-state index in [0.717, 1.165) is 45.7 Å². The first-order valence-corrected chi connectivity index (χ1v) is 11.2. The van der Waals surface area contributed by atoms with Crippen molar-refractivity contribution >= 4 is 22.8 Å². The number of aromatic nitrogens is 8. The van der Waals surface area contributed by atoms with Gasteiger partial charge in [-0.1, -0.05) is 6.92 Å². The van der Waals surface area contributed by atoms with Crippen LogP contribution in [0.3, 0.4) is 0 Å². The number of H-pyrrole nitrogens is 1. The molecule has 0 amide bonds. The molecule has 1 N–H and O–H groups in total. The lowest BCUT2D eigenvalue weighted by Crippen LogP contribution is -2.32. The van der Waals surface area contributed by atoms with Gasteiger partial charge in [-0.2, -0.15) is 10.4 Å². The summed E-state index contributed by atoms with van der Waals surface area (Å²) in [4.78, 5) is 16.2. The van der Waals surface area contributed by atoms with Crippen LogP contribution < -0.4 is 4.90 Å². The van der Waals surface area contributed by atoms with E-state index < -0.39 is 0 Å². The Hall–Kier alpha value is -4.43. The molecule has 10 nitrogen and oxygen atoms in total. The molecule has 6 rings (SSSR count). The third-order valence-electron chi connectivity index (χ3n) is 5.61. The topological polar surface area (TPSA) is 125 Å². The second-order valence-electron chi connectivity index (χ2n) is 7.41. The third-order valence-corrected chi connectivity index (χ3v) is 6.40. The van der Waals surface area contributed by atoms with E-state index >= 15 is 0 Å². The van der Waals surface area contributed by atoms with Gasteiger partial charge in [0.05, 0.1) is 35.6 Å². The van der Waals surface area contributed by atoms with Gasteiger partial charge in [-0.05, 0) is 30.7 Å². The minimum Gasteiger partial charge on any atom is -0.314 e. The van der Waals surface area contributed by atoms with Crippen LogP contribution in [0.15, 0.2) is 54.6 Å². The first kappa shape index (κ1) is 19.3. The van der Waals surface area contributed by atoms with E-state index in [1.165, 1.54) is 11.3 Å². The monoisotopic (exact) mass is 452 g/mol. The fourth-order valence-electron chi connectivity index (χ4n) is 4.09. The van der Waals surface area contributed by atoms with E-state index in [-0.39, 0.29) is 6.04 Å². The molecule has 0 radical (unpaired) electrons. The van der Waals surface area contributed by atoms with Gasteiger partial charge in [-0.15, -0.1) is 21.5 Å². The summed E-state index contributed by atoms with van der Waals surface area (Å²) in [5.74, 6) is 2.09. The highest BCUT2D eigenvalue weighted by Gasteiger charge is 2.35. The van der Waals surface area contributed by atoms with Crippen LogP contribution in [0.1, 0.15) is 30.8 Å². The van der Waals surface area contributed by atoms with Gasteiger partial charge in [0.25, 0.3) is 0 Å². The molecule has 1 aromatic carbocycles. The Morgan fingerprint density at radius 1 is 1.18 bits per heavy atom. The Bertz CT molecular complexity index is 1480. The molecule has 0 saturated carbocycles. The molecule has 1 atom stereocenters. The van der Waals surface area contributed by atoms with Gasteiger partial charge in [0.15, 0.2) is 17.5 Å². The molecule has 11 heteroatoms. The predicted molar refractivity (Wildman–Crippen MR) is 122 cm³/mol. The molecule has 0 spiro atoms. The molecule has 5 aromatic rings. The average Bonchev–Trinajstić information content (AvgIpc) is 3.63. The zero-order chi connectivity index (χ0) is 22.4. The number of aromatic amines is 1. The van der Waals surface area contributed by atoms with E-state index in [1.54, 1.807) is 37.1 Å². The zero-order valence-corrected chi connectivity index (χ0v) is 18.2. The number of hydrogen-bond acceptors (Lipinski definition) is 9. The molecular formula is C22H16N10S. The molecular weight excluding hydrogens is 436 g/mol. The lowest BCUT2D eigenvalue weighted by atomic mass is 10.1. The summed E-state index contributed by atoms with van der Waals surface area (Å²) in [6, 6.07) is 9.56. The number of nitrogens with zero attached hydrogens (tertiary/aromatic N) is 9. The van der Waals surface area contributed by atoms with Crippen molar-refractivity contribution in [1.82, 2.24) is 39.9 Å². The zero-order valence-electron chi connectivity index (χ0n) is 17.4. The van der Waals surface area contributed by atoms with Crippen molar-refractivity contribution < 1.29 is 0 Å². The Morgan fingerprint density at radius 2 is 2.06 bits per heavy atom. The summed E-state index contributed by atoms with van der Waals surface area (Å²) >= 11 is 1.52. The maximum atomic E-state index is 9.22. The number of benzene rings is 1. The van der Waals surface area contributed by atoms with E-state index in [4.69, 9.17) is 4.98 Å². The summed E-state index contributed by atoms with van der Waals surface area (Å²) in [6.07, 6.45) is 7.73. The SMILES string of the molecule is CCC1c2nncn2-c2cnc(-c3cn[nH]c3-c3nccs3)nc2N1c1ccc(C#N)cc1. The number of fused-ring (bicyclic) bond motifs is 3. The predicted octanol–water partition coefficient (Wildman–Crippen LogP) is 4.05. The normalized spacial score (nSPS) is 14.5. The molecule has 0 fully saturated rings. The van der Waals surface area contributed by atoms with Gasteiger partial charge in [0, 0.05) is 17.3 Å². The van der Waals surface area contributed by atoms with Crippen LogP contribution in [0.4, 0.5) is 11.5 Å². The molecule has 160 valence electrons. The number of nitriles is 1. The summed E-state index contributed by atoms with van der Waals surface area (Å²) in [7, 11) is 0. The number of anilines is 2. The molecule has 4 aromatic heterocycles. The number of thiazole rings is 1. The van der Waals surface area contributed by atoms with Gasteiger partial charge in [-0.25, -0.2) is 15.0 Å². The number of rotatable bonds is 4. The minimum atomic E-state index is -0.0848. The van der Waals surface area contributed by atoms with E-state index in [1.807, 2.05) is 22.1 Å². The van der Waals surface area contributed by atoms with Crippen LogP contribution >= 0.6 is 11.3 Å². The lowest BCUT2D eigenvalue weighted by molar-refractivity contribution is 0.590. The molecule has 0 bridgehead atoms. The Labute approximate surface area is 192 Å². The molecule has 1 unspecified atom stereocenters. The van der Waals surface area contributed by atoms with Crippen LogP contribution in [0.5, 0.6) is 0 Å². The second kappa shape index (κ2) is 7.61. The largest absolute Gasteiger partial charge is 0.314 e. The number of nitrogens with one attached hydrogen (secondary N) is 1. The van der Waals surface area contributed by atoms with Crippen LogP contribution in [0.25, 0.3) is 27.8 Å². The molecule has 1 aliphatic rings. The van der Waals surface area contributed by atoms with E-state index in [0.29, 0.717) is 11.4 Å². The summed E-state index contributed by atoms with van der Waals surface area (Å²) in [5, 5.41) is 27.7. The Morgan fingerprint density at radius 3 is 2.82 bits per heavy atom. The Kier molecular flexibility index (Phi) is 4.44. The van der Waals surface area contributed by atoms with Crippen molar-refractivity contribution in [3.8, 4) is 33.8 Å². The smallest absolute Gasteiger partial charge is 0.165 e. The average molecular weight is 453 g/mol. The fourth-order valence-corrected chi connectivity index (χ4v) is 4.74. The van der Waals surface area contributed by atoms with Gasteiger partial charge in [0.1, 0.15) is 22.7 Å². The highest BCUT2D eigenvalue weighted by atomic mass is 32.1. The first-order valence-electron chi connectivity index (χ1n) is 10.3. The fraction of sp³-hybridized carbons (Fsp3) is 0.136. The highest BCUT2D eigenvalue weighted by molar-refractivity contribution is 7.13. The summed E-state index contributed by atoms with van der Waals surface area (Å²) < 4.78 is 1.94. The van der Waals surface area contributed by atoms with Gasteiger partial charge in [0.2, 0.25) is 0 Å². The number of hydrogen-bond donors (Lipinski definition) is 1. The first-order chi connectivity index (χ1) is 16.3. The van der Waals surface area contributed by atoms with E-state index in [2.05, 4.69) is 48.3 Å². The van der Waals surface area contributed by atoms with Crippen LogP contribution in [-0.4, -0.2) is 39.9 Å². The minimum absolute atomic E-state index is 0.0848. The Balaban J connectivity index is 1.55. The standard InChI is InChI=1S/C22H16N10S/c1-2-16-21-30-27-12-31(21)17-11-25-19(15-10-26-29-18(15)22-24-7-8-33-22)28-20(17)32(16)14-5-3-13(9-23)4-6-14/h3-8,10-12,16H,2H2,1H3,(H,26,29). The van der Waals surface area contributed by atoms with Crippen molar-refractivity contribution in [2.45, 2.75) is 19.4 Å². The van der Waals surface area contributed by atoms with Gasteiger partial charge < -0.3 is 4.90 Å². The van der Waals surface area contributed by atoms with Gasteiger partial charge >= 0.3 is 0 Å². The quantitative estimate of drug-likeness (QED) is 0.433. The van der Waals surface area contributed by atoms with Crippen molar-refractivity contribution in [1.29, 1.82) is 5.26 Å². The lowest BCUT2D eigenvalue weighted by Gasteiger charge is -2.36. The molecule has 0 aliphatic carbocycles. The van der Waals surface area contributed by atoms with Crippen LogP contribution in [0.2, 0.25) is 0 Å². The van der Waals surface area contributed by atoms with Crippen molar-refractivity contribution in [2.75, 3.05) is 4.90 Å². The molecule has 0 saturated heterocycles. The maximum absolute atomic E-state index is 9.22. The summed E-state index contributed by atoms with van der Waals surface area (Å²) in [5.41, 5.74) is 3.85. The van der Waals surface area contributed by atoms with Crippen LogP contribution in [0, 0.1) is 11.3 Å². The van der Waals surface area contributed by atoms with Crippen molar-refractivity contribution in [3.05, 3.63) is 66.0 Å².